The molecule has 9 heteroatoms. The summed E-state index contributed by atoms with van der Waals surface area (Å²) in [6, 6.07) is 20.0. The van der Waals surface area contributed by atoms with Gasteiger partial charge in [-0.05, 0) is 60.5 Å². The van der Waals surface area contributed by atoms with Crippen molar-refractivity contribution in [2.75, 3.05) is 24.7 Å². The Bertz CT molecular complexity index is 1270. The second kappa shape index (κ2) is 10.3. The van der Waals surface area contributed by atoms with E-state index in [1.807, 2.05) is 24.3 Å². The Morgan fingerprint density at radius 2 is 1.74 bits per heavy atom. The van der Waals surface area contributed by atoms with Crippen molar-refractivity contribution in [3.63, 3.8) is 0 Å². The van der Waals surface area contributed by atoms with Crippen LogP contribution in [-0.4, -0.2) is 29.5 Å². The Morgan fingerprint density at radius 1 is 1.06 bits per heavy atom. The molecule has 4 rings (SSSR count). The molecule has 1 heterocycles. The first-order valence-electron chi connectivity index (χ1n) is 10.5. The van der Waals surface area contributed by atoms with Crippen LogP contribution in [0.5, 0.6) is 5.75 Å². The molecule has 0 saturated heterocycles. The number of nitrogens with one attached hydrogen (secondary N) is 2. The lowest BCUT2D eigenvalue weighted by molar-refractivity contribution is 0.252. The Morgan fingerprint density at radius 3 is 2.38 bits per heavy atom. The Hall–Kier alpha value is -4.04. The van der Waals surface area contributed by atoms with Crippen molar-refractivity contribution in [1.29, 1.82) is 0 Å². The second-order valence-electron chi connectivity index (χ2n) is 7.48. The van der Waals surface area contributed by atoms with Crippen molar-refractivity contribution in [2.45, 2.75) is 6.42 Å². The highest BCUT2D eigenvalue weighted by Crippen LogP contribution is 2.34. The molecule has 174 valence electrons. The average Bonchev–Trinajstić information content (AvgIpc) is 3.16. The molecule has 34 heavy (non-hydrogen) atoms. The molecule has 0 aliphatic carbocycles. The van der Waals surface area contributed by atoms with Crippen molar-refractivity contribution >= 4 is 29.1 Å². The van der Waals surface area contributed by atoms with Gasteiger partial charge >= 0.3 is 6.03 Å². The molecule has 4 N–H and O–H groups in total. The third-order valence-corrected chi connectivity index (χ3v) is 5.46. The summed E-state index contributed by atoms with van der Waals surface area (Å²) in [5, 5.41) is 10.8. The number of benzene rings is 3. The number of rotatable bonds is 7. The number of hydrogen-bond donors (Lipinski definition) is 3. The minimum atomic E-state index is -0.422. The zero-order valence-corrected chi connectivity index (χ0v) is 19.1. The van der Waals surface area contributed by atoms with Crippen LogP contribution in [0.3, 0.4) is 0 Å². The van der Waals surface area contributed by atoms with E-state index in [2.05, 4.69) is 15.7 Å². The van der Waals surface area contributed by atoms with Crippen molar-refractivity contribution in [1.82, 2.24) is 15.1 Å². The standard InChI is InChI=1S/C25H23ClFN5O2/c1-34-21-12-2-16(3-13-21)14-15-29-25(33)30-23-22(17-4-6-18(26)7-5-17)31-32(24(23)28)20-10-8-19(27)9-11-20/h2-13H,14-15,28H2,1H3,(H2,29,30,33). The fourth-order valence-corrected chi connectivity index (χ4v) is 3.54. The summed E-state index contributed by atoms with van der Waals surface area (Å²) in [4.78, 5) is 12.7. The molecule has 0 radical (unpaired) electrons. The summed E-state index contributed by atoms with van der Waals surface area (Å²) in [6.45, 7) is 0.417. The minimum Gasteiger partial charge on any atom is -0.497 e. The zero-order valence-electron chi connectivity index (χ0n) is 18.4. The van der Waals surface area contributed by atoms with Crippen LogP contribution in [0.2, 0.25) is 5.02 Å². The number of ether oxygens (including phenoxy) is 1. The highest BCUT2D eigenvalue weighted by atomic mass is 35.5. The van der Waals surface area contributed by atoms with E-state index >= 15 is 0 Å². The topological polar surface area (TPSA) is 94.2 Å². The van der Waals surface area contributed by atoms with E-state index in [1.165, 1.54) is 16.8 Å². The van der Waals surface area contributed by atoms with Crippen LogP contribution in [0.4, 0.5) is 20.7 Å². The summed E-state index contributed by atoms with van der Waals surface area (Å²) < 4.78 is 20.0. The van der Waals surface area contributed by atoms with Crippen LogP contribution >= 0.6 is 11.6 Å². The Kier molecular flexibility index (Phi) is 6.98. The SMILES string of the molecule is COc1ccc(CCNC(=O)Nc2c(-c3ccc(Cl)cc3)nn(-c3ccc(F)cc3)c2N)cc1. The number of halogens is 2. The minimum absolute atomic E-state index is 0.210. The predicted octanol–water partition coefficient (Wildman–Crippen LogP) is 5.29. The number of anilines is 2. The number of methoxy groups -OCH3 is 1. The molecule has 3 aromatic carbocycles. The molecule has 0 fully saturated rings. The Balaban J connectivity index is 1.54. The number of aromatic nitrogens is 2. The number of carbonyl (C=O) groups is 1. The highest BCUT2D eigenvalue weighted by molar-refractivity contribution is 6.30. The van der Waals surface area contributed by atoms with Gasteiger partial charge in [0.05, 0.1) is 12.8 Å². The van der Waals surface area contributed by atoms with Gasteiger partial charge in [-0.2, -0.15) is 5.10 Å². The number of nitrogens with zero attached hydrogens (tertiary/aromatic N) is 2. The van der Waals surface area contributed by atoms with Gasteiger partial charge in [0.2, 0.25) is 0 Å². The predicted molar refractivity (Wildman–Crippen MR) is 132 cm³/mol. The van der Waals surface area contributed by atoms with Crippen molar-refractivity contribution in [3.8, 4) is 22.7 Å². The molecular weight excluding hydrogens is 457 g/mol. The Labute approximate surface area is 201 Å². The first-order chi connectivity index (χ1) is 16.4. The summed E-state index contributed by atoms with van der Waals surface area (Å²) in [5.74, 6) is 0.613. The van der Waals surface area contributed by atoms with Crippen LogP contribution in [0.25, 0.3) is 16.9 Å². The van der Waals surface area contributed by atoms with Crippen LogP contribution in [0.1, 0.15) is 5.56 Å². The smallest absolute Gasteiger partial charge is 0.319 e. The van der Waals surface area contributed by atoms with Crippen LogP contribution < -0.4 is 21.1 Å². The molecule has 0 bridgehead atoms. The maximum Gasteiger partial charge on any atom is 0.319 e. The van der Waals surface area contributed by atoms with E-state index in [4.69, 9.17) is 22.1 Å². The van der Waals surface area contributed by atoms with Gasteiger partial charge < -0.3 is 21.1 Å². The highest BCUT2D eigenvalue weighted by Gasteiger charge is 2.20. The second-order valence-corrected chi connectivity index (χ2v) is 7.92. The van der Waals surface area contributed by atoms with Crippen LogP contribution in [0.15, 0.2) is 72.8 Å². The molecule has 4 aromatic rings. The van der Waals surface area contributed by atoms with Crippen LogP contribution in [0, 0.1) is 5.82 Å². The summed E-state index contributed by atoms with van der Waals surface area (Å²) in [7, 11) is 1.61. The fraction of sp³-hybridized carbons (Fsp3) is 0.120. The number of nitrogens with two attached hydrogens (primary N) is 1. The lowest BCUT2D eigenvalue weighted by atomic mass is 10.1. The van der Waals surface area contributed by atoms with E-state index < -0.39 is 6.03 Å². The first-order valence-corrected chi connectivity index (χ1v) is 10.9. The van der Waals surface area contributed by atoms with Gasteiger partial charge in [0.25, 0.3) is 0 Å². The van der Waals surface area contributed by atoms with Gasteiger partial charge in [-0.25, -0.2) is 13.9 Å². The summed E-state index contributed by atoms with van der Waals surface area (Å²) >= 11 is 6.02. The van der Waals surface area contributed by atoms with Crippen molar-refractivity contribution < 1.29 is 13.9 Å². The van der Waals surface area contributed by atoms with E-state index in [9.17, 15) is 9.18 Å². The molecular formula is C25H23ClFN5O2. The fourth-order valence-electron chi connectivity index (χ4n) is 3.41. The van der Waals surface area contributed by atoms with E-state index in [0.29, 0.717) is 40.6 Å². The molecule has 1 aromatic heterocycles. The first kappa shape index (κ1) is 23.1. The molecule has 0 atom stereocenters. The van der Waals surface area contributed by atoms with E-state index in [0.717, 1.165) is 11.3 Å². The van der Waals surface area contributed by atoms with E-state index in [1.54, 1.807) is 43.5 Å². The maximum absolute atomic E-state index is 13.4. The van der Waals surface area contributed by atoms with Gasteiger partial charge in [0.1, 0.15) is 22.9 Å². The monoisotopic (exact) mass is 479 g/mol. The number of carbonyl (C=O) groups excluding carboxylic acids is 1. The number of hydrogen-bond acceptors (Lipinski definition) is 4. The molecule has 0 saturated carbocycles. The van der Waals surface area contributed by atoms with Gasteiger partial charge in [-0.3, -0.25) is 0 Å². The van der Waals surface area contributed by atoms with Gasteiger partial charge in [0.15, 0.2) is 5.82 Å². The largest absolute Gasteiger partial charge is 0.497 e. The van der Waals surface area contributed by atoms with Crippen molar-refractivity contribution in [2.24, 2.45) is 0 Å². The third-order valence-electron chi connectivity index (χ3n) is 5.21. The number of nitrogen functional groups attached to an aromatic ring is 1. The molecule has 0 spiro atoms. The normalized spacial score (nSPS) is 10.7. The molecule has 0 unspecified atom stereocenters. The van der Waals surface area contributed by atoms with Gasteiger partial charge in [0, 0.05) is 17.1 Å². The number of urea groups is 1. The van der Waals surface area contributed by atoms with E-state index in [-0.39, 0.29) is 11.6 Å². The van der Waals surface area contributed by atoms with Gasteiger partial charge in [-0.1, -0.05) is 35.9 Å². The van der Waals surface area contributed by atoms with Gasteiger partial charge in [-0.15, -0.1) is 0 Å². The lowest BCUT2D eigenvalue weighted by Gasteiger charge is -2.10. The zero-order chi connectivity index (χ0) is 24.1. The quantitative estimate of drug-likeness (QED) is 0.336. The summed E-state index contributed by atoms with van der Waals surface area (Å²) in [5.41, 5.74) is 9.50. The molecule has 2 amide bonds. The average molecular weight is 480 g/mol. The maximum atomic E-state index is 13.4. The van der Waals surface area contributed by atoms with Crippen molar-refractivity contribution in [3.05, 3.63) is 89.2 Å². The molecule has 7 nitrogen and oxygen atoms in total. The van der Waals surface area contributed by atoms with Crippen LogP contribution in [-0.2, 0) is 6.42 Å². The lowest BCUT2D eigenvalue weighted by Crippen LogP contribution is -2.30. The molecule has 0 aliphatic heterocycles. The third kappa shape index (κ3) is 5.29. The summed E-state index contributed by atoms with van der Waals surface area (Å²) in [6.07, 6.45) is 0.645. The number of amides is 2. The molecule has 0 aliphatic rings.